The second-order valence-electron chi connectivity index (χ2n) is 12.4. The number of aromatic amines is 1. The van der Waals surface area contributed by atoms with Gasteiger partial charge in [-0.15, -0.1) is 0 Å². The smallest absolute Gasteiger partial charge is 0.429 e. The monoisotopic (exact) mass is 579 g/mol. The van der Waals surface area contributed by atoms with Gasteiger partial charge in [-0.2, -0.15) is 0 Å². The molecule has 1 N–H and O–H groups in total. The molecule has 220 valence electrons. The fourth-order valence-corrected chi connectivity index (χ4v) is 6.19. The maximum absolute atomic E-state index is 13.3. The Kier molecular flexibility index (Phi) is 6.34. The Hall–Kier alpha value is -4.28. The van der Waals surface area contributed by atoms with Gasteiger partial charge in [0.25, 0.3) is 5.91 Å². The quantitative estimate of drug-likeness (QED) is 0.199. The van der Waals surface area contributed by atoms with Gasteiger partial charge in [-0.05, 0) is 81.0 Å². The van der Waals surface area contributed by atoms with Crippen LogP contribution >= 0.6 is 0 Å². The molecular formula is C33H34BN3O6. The number of nitrogens with one attached hydrogen (secondary N) is 1. The molecule has 3 aliphatic rings. The molecule has 3 aromatic carbocycles. The number of carbonyl (C=O) groups is 2. The van der Waals surface area contributed by atoms with Crippen LogP contribution in [0, 0.1) is 0 Å². The first-order chi connectivity index (χ1) is 20.5. The van der Waals surface area contributed by atoms with Crippen molar-refractivity contribution in [3.05, 3.63) is 89.1 Å². The van der Waals surface area contributed by atoms with Crippen LogP contribution in [0.2, 0.25) is 0 Å². The second-order valence-corrected chi connectivity index (χ2v) is 12.4. The van der Waals surface area contributed by atoms with E-state index in [2.05, 4.69) is 9.88 Å². The van der Waals surface area contributed by atoms with Crippen molar-refractivity contribution in [2.75, 3.05) is 18.5 Å². The molecule has 0 aliphatic carbocycles. The van der Waals surface area contributed by atoms with Gasteiger partial charge in [0, 0.05) is 24.5 Å². The fourth-order valence-electron chi connectivity index (χ4n) is 6.19. The Morgan fingerprint density at radius 3 is 2.49 bits per heavy atom. The van der Waals surface area contributed by atoms with E-state index in [0.717, 1.165) is 44.4 Å². The van der Waals surface area contributed by atoms with Gasteiger partial charge < -0.3 is 33.6 Å². The SMILES string of the molecule is CN1c2ccccc2C(=O)N2CCc3c([nH]c4ccc(OC(=O)OCc5ccc(B6OC(C)(C)C(C)(C)O6)cc5)cc34)C21. The molecular weight excluding hydrogens is 545 g/mol. The summed E-state index contributed by atoms with van der Waals surface area (Å²) in [6, 6.07) is 20.8. The standard InChI is InChI=1S/C33H34BN3O6/c1-32(2)33(3,4)43-34(42-32)21-12-10-20(11-13-21)19-40-31(39)41-22-14-15-26-25(18-22)23-16-17-37-29(28(23)35-26)36(5)27-9-7-6-8-24(27)30(37)38/h6-15,18,29,35H,16-17,19H2,1-5H3. The Labute approximate surface area is 250 Å². The van der Waals surface area contributed by atoms with Gasteiger partial charge in [-0.1, -0.05) is 36.4 Å². The largest absolute Gasteiger partial charge is 0.514 e. The summed E-state index contributed by atoms with van der Waals surface area (Å²) in [6.07, 6.45) is -0.313. The van der Waals surface area contributed by atoms with Crippen molar-refractivity contribution in [1.82, 2.24) is 9.88 Å². The van der Waals surface area contributed by atoms with Crippen molar-refractivity contribution < 1.29 is 28.4 Å². The number of H-pyrrole nitrogens is 1. The molecule has 0 radical (unpaired) electrons. The predicted molar refractivity (Wildman–Crippen MR) is 164 cm³/mol. The molecule has 1 aromatic heterocycles. The molecule has 4 heterocycles. The lowest BCUT2D eigenvalue weighted by Crippen LogP contribution is -2.51. The number of ether oxygens (including phenoxy) is 2. The lowest BCUT2D eigenvalue weighted by atomic mass is 9.79. The van der Waals surface area contributed by atoms with Crippen LogP contribution in [-0.2, 0) is 27.1 Å². The number of carbonyl (C=O) groups excluding carboxylic acids is 2. The number of nitrogens with zero attached hydrogens (tertiary/aromatic N) is 2. The van der Waals surface area contributed by atoms with Gasteiger partial charge in [-0.25, -0.2) is 4.79 Å². The van der Waals surface area contributed by atoms with Crippen LogP contribution < -0.4 is 15.1 Å². The normalized spacial score (nSPS) is 20.1. The summed E-state index contributed by atoms with van der Waals surface area (Å²) >= 11 is 0. The van der Waals surface area contributed by atoms with Crippen LogP contribution in [0.1, 0.15) is 61.0 Å². The highest BCUT2D eigenvalue weighted by Gasteiger charge is 2.51. The van der Waals surface area contributed by atoms with E-state index in [9.17, 15) is 9.59 Å². The van der Waals surface area contributed by atoms with E-state index in [1.807, 2.05) is 100 Å². The van der Waals surface area contributed by atoms with Crippen molar-refractivity contribution in [3.8, 4) is 5.75 Å². The fraction of sp³-hybridized carbons (Fsp3) is 0.333. The van der Waals surface area contributed by atoms with E-state index < -0.39 is 24.5 Å². The molecule has 9 nitrogen and oxygen atoms in total. The number of fused-ring (bicyclic) bond motifs is 6. The maximum atomic E-state index is 13.3. The summed E-state index contributed by atoms with van der Waals surface area (Å²) in [4.78, 5) is 33.5. The van der Waals surface area contributed by atoms with Crippen LogP contribution in [0.3, 0.4) is 0 Å². The Morgan fingerprint density at radius 1 is 1.02 bits per heavy atom. The minimum Gasteiger partial charge on any atom is -0.429 e. The third-order valence-corrected chi connectivity index (χ3v) is 9.27. The Balaban J connectivity index is 1.03. The van der Waals surface area contributed by atoms with Gasteiger partial charge in [-0.3, -0.25) is 4.79 Å². The van der Waals surface area contributed by atoms with E-state index in [0.29, 0.717) is 18.7 Å². The van der Waals surface area contributed by atoms with Gasteiger partial charge in [0.2, 0.25) is 0 Å². The number of aromatic nitrogens is 1. The molecule has 1 fully saturated rings. The van der Waals surface area contributed by atoms with Crippen LogP contribution in [0.5, 0.6) is 5.75 Å². The molecule has 3 aliphatic heterocycles. The average Bonchev–Trinajstić information content (AvgIpc) is 3.46. The number of benzene rings is 3. The van der Waals surface area contributed by atoms with E-state index in [-0.39, 0.29) is 18.7 Å². The third-order valence-electron chi connectivity index (χ3n) is 9.27. The number of amides is 1. The molecule has 1 saturated heterocycles. The minimum absolute atomic E-state index is 0.0394. The van der Waals surface area contributed by atoms with Crippen molar-refractivity contribution in [2.45, 2.75) is 58.1 Å². The first kappa shape index (κ1) is 27.6. The summed E-state index contributed by atoms with van der Waals surface area (Å²) in [5.41, 5.74) is 5.56. The molecule has 10 heteroatoms. The highest BCUT2D eigenvalue weighted by atomic mass is 16.7. The molecule has 7 rings (SSSR count). The molecule has 1 atom stereocenters. The van der Waals surface area contributed by atoms with E-state index >= 15 is 0 Å². The Bertz CT molecular complexity index is 1730. The summed E-state index contributed by atoms with van der Waals surface area (Å²) in [6.45, 7) is 8.76. The lowest BCUT2D eigenvalue weighted by Gasteiger charge is -2.46. The number of anilines is 1. The van der Waals surface area contributed by atoms with Crippen LogP contribution in [0.15, 0.2) is 66.7 Å². The topological polar surface area (TPSA) is 93.3 Å². The van der Waals surface area contributed by atoms with Crippen LogP contribution in [0.4, 0.5) is 10.5 Å². The lowest BCUT2D eigenvalue weighted by molar-refractivity contribution is 0.00578. The first-order valence-corrected chi connectivity index (χ1v) is 14.6. The third kappa shape index (κ3) is 4.56. The molecule has 4 aromatic rings. The average molecular weight is 579 g/mol. The van der Waals surface area contributed by atoms with Crippen molar-refractivity contribution in [3.63, 3.8) is 0 Å². The highest BCUT2D eigenvalue weighted by molar-refractivity contribution is 6.62. The maximum Gasteiger partial charge on any atom is 0.514 e. The minimum atomic E-state index is -0.779. The van der Waals surface area contributed by atoms with Gasteiger partial charge >= 0.3 is 13.3 Å². The summed E-state index contributed by atoms with van der Waals surface area (Å²) in [5, 5.41) is 0.970. The molecule has 1 unspecified atom stereocenters. The first-order valence-electron chi connectivity index (χ1n) is 14.6. The van der Waals surface area contributed by atoms with E-state index in [4.69, 9.17) is 18.8 Å². The molecule has 0 spiro atoms. The van der Waals surface area contributed by atoms with Crippen LogP contribution in [-0.4, -0.2) is 53.9 Å². The number of hydrogen-bond donors (Lipinski definition) is 1. The molecule has 1 amide bonds. The zero-order valence-corrected chi connectivity index (χ0v) is 25.0. The number of rotatable bonds is 4. The van der Waals surface area contributed by atoms with E-state index in [1.165, 1.54) is 0 Å². The zero-order valence-electron chi connectivity index (χ0n) is 25.0. The van der Waals surface area contributed by atoms with Gasteiger partial charge in [0.1, 0.15) is 18.5 Å². The number of hydrogen-bond acceptors (Lipinski definition) is 7. The van der Waals surface area contributed by atoms with Crippen LogP contribution in [0.25, 0.3) is 10.9 Å². The zero-order chi connectivity index (χ0) is 30.1. The van der Waals surface area contributed by atoms with E-state index in [1.54, 1.807) is 6.07 Å². The van der Waals surface area contributed by atoms with Crippen molar-refractivity contribution >= 4 is 41.2 Å². The summed E-state index contributed by atoms with van der Waals surface area (Å²) < 4.78 is 23.2. The second kappa shape index (κ2) is 9.89. The van der Waals surface area contributed by atoms with Gasteiger partial charge in [0.05, 0.1) is 28.1 Å². The Morgan fingerprint density at radius 2 is 1.74 bits per heavy atom. The summed E-state index contributed by atoms with van der Waals surface area (Å²) in [7, 11) is 1.57. The predicted octanol–water partition coefficient (Wildman–Crippen LogP) is 5.33. The van der Waals surface area contributed by atoms with Crippen molar-refractivity contribution in [1.29, 1.82) is 0 Å². The highest BCUT2D eigenvalue weighted by Crippen LogP contribution is 2.43. The number of para-hydroxylation sites is 1. The van der Waals surface area contributed by atoms with Gasteiger partial charge in [0.15, 0.2) is 0 Å². The van der Waals surface area contributed by atoms with Crippen molar-refractivity contribution in [2.24, 2.45) is 0 Å². The summed E-state index contributed by atoms with van der Waals surface area (Å²) in [5.74, 6) is 0.439. The molecule has 0 saturated carbocycles. The molecule has 43 heavy (non-hydrogen) atoms. The molecule has 0 bridgehead atoms.